The fourth-order valence-electron chi connectivity index (χ4n) is 7.45. The Morgan fingerprint density at radius 2 is 0.949 bits per heavy atom. The van der Waals surface area contributed by atoms with Crippen LogP contribution in [-0.2, 0) is 25.7 Å². The van der Waals surface area contributed by atoms with Gasteiger partial charge in [-0.2, -0.15) is 0 Å². The smallest absolute Gasteiger partial charge is 0.146 e. The molecule has 2 heterocycles. The van der Waals surface area contributed by atoms with Crippen LogP contribution in [0.5, 0.6) is 11.5 Å². The van der Waals surface area contributed by atoms with E-state index in [1.54, 1.807) is 0 Å². The largest absolute Gasteiger partial charge is 0.454 e. The first-order valence-corrected chi connectivity index (χ1v) is 16.7. The van der Waals surface area contributed by atoms with Gasteiger partial charge in [0.2, 0.25) is 0 Å². The monoisotopic (exact) mass is 532 g/mol. The van der Waals surface area contributed by atoms with Crippen molar-refractivity contribution in [3.8, 4) is 11.5 Å². The van der Waals surface area contributed by atoms with Gasteiger partial charge in [0, 0.05) is 11.4 Å². The minimum atomic E-state index is 0.791. The second kappa shape index (κ2) is 15.8. The van der Waals surface area contributed by atoms with Crippen molar-refractivity contribution in [3.05, 3.63) is 47.0 Å². The van der Waals surface area contributed by atoms with Crippen LogP contribution >= 0.6 is 0 Å². The van der Waals surface area contributed by atoms with Crippen LogP contribution in [0.1, 0.15) is 140 Å². The molecule has 0 aliphatic heterocycles. The predicted octanol–water partition coefficient (Wildman–Crippen LogP) is 10.5. The lowest BCUT2D eigenvalue weighted by molar-refractivity contribution is 0.260. The highest BCUT2D eigenvalue weighted by atomic mass is 16.5. The summed E-state index contributed by atoms with van der Waals surface area (Å²) in [7, 11) is 0. The van der Waals surface area contributed by atoms with Crippen molar-refractivity contribution in [2.24, 2.45) is 23.7 Å². The molecule has 0 bridgehead atoms. The van der Waals surface area contributed by atoms with Gasteiger partial charge in [0.25, 0.3) is 0 Å². The van der Waals surface area contributed by atoms with Crippen LogP contribution in [0, 0.1) is 23.7 Å². The van der Waals surface area contributed by atoms with Gasteiger partial charge in [-0.1, -0.05) is 91.9 Å². The van der Waals surface area contributed by atoms with E-state index >= 15 is 0 Å². The number of aryl methyl sites for hydroxylation is 2. The molecule has 0 N–H and O–H groups in total. The van der Waals surface area contributed by atoms with Gasteiger partial charge in [0.1, 0.15) is 11.5 Å². The second-order valence-corrected chi connectivity index (χ2v) is 12.9. The quantitative estimate of drug-likeness (QED) is 0.243. The Morgan fingerprint density at radius 3 is 1.31 bits per heavy atom. The molecule has 39 heavy (non-hydrogen) atoms. The molecular formula is C36H56N2O. The molecule has 2 saturated carbocycles. The van der Waals surface area contributed by atoms with Gasteiger partial charge in [0.15, 0.2) is 0 Å². The third kappa shape index (κ3) is 9.05. The molecule has 2 aromatic heterocycles. The van der Waals surface area contributed by atoms with Gasteiger partial charge < -0.3 is 4.74 Å². The highest BCUT2D eigenvalue weighted by Gasteiger charge is 2.24. The zero-order valence-electron chi connectivity index (χ0n) is 25.6. The van der Waals surface area contributed by atoms with Crippen LogP contribution in [0.3, 0.4) is 0 Å². The number of ether oxygens (including phenoxy) is 1. The first kappa shape index (κ1) is 30.1. The maximum absolute atomic E-state index is 6.48. The number of aromatic nitrogens is 2. The molecule has 2 aliphatic carbocycles. The van der Waals surface area contributed by atoms with Gasteiger partial charge >= 0.3 is 0 Å². The molecule has 2 fully saturated rings. The lowest BCUT2D eigenvalue weighted by atomic mass is 9.77. The van der Waals surface area contributed by atoms with Gasteiger partial charge in [-0.3, -0.25) is 9.97 Å². The fraction of sp³-hybridized carbons (Fsp3) is 0.722. The standard InChI is InChI=1S/C36H56N2O/c1-5-9-27-13-17-29(18-14-27)21-31-23-33(25-37-35(31)11-7-3)39-34-24-32(36(12-8-4)38-26-34)22-30-19-15-28(10-6-2)16-20-30/h23-30H,5-22H2,1-4H3. The molecule has 3 heteroatoms. The van der Waals surface area contributed by atoms with E-state index < -0.39 is 0 Å². The highest BCUT2D eigenvalue weighted by Crippen LogP contribution is 2.36. The molecule has 3 nitrogen and oxygen atoms in total. The summed E-state index contributed by atoms with van der Waals surface area (Å²) in [6.45, 7) is 9.17. The summed E-state index contributed by atoms with van der Waals surface area (Å²) < 4.78 is 6.48. The summed E-state index contributed by atoms with van der Waals surface area (Å²) >= 11 is 0. The third-order valence-corrected chi connectivity index (χ3v) is 9.62. The summed E-state index contributed by atoms with van der Waals surface area (Å²) in [4.78, 5) is 9.83. The van der Waals surface area contributed by atoms with E-state index in [2.05, 4.69) is 39.8 Å². The van der Waals surface area contributed by atoms with E-state index in [9.17, 15) is 0 Å². The minimum absolute atomic E-state index is 0.791. The van der Waals surface area contributed by atoms with Gasteiger partial charge in [-0.25, -0.2) is 0 Å². The van der Waals surface area contributed by atoms with E-state index in [-0.39, 0.29) is 0 Å². The third-order valence-electron chi connectivity index (χ3n) is 9.62. The summed E-state index contributed by atoms with van der Waals surface area (Å²) in [6, 6.07) is 4.59. The van der Waals surface area contributed by atoms with E-state index in [1.807, 2.05) is 12.4 Å². The Kier molecular flexibility index (Phi) is 12.2. The van der Waals surface area contributed by atoms with Crippen molar-refractivity contribution < 1.29 is 4.74 Å². The fourth-order valence-corrected chi connectivity index (χ4v) is 7.45. The van der Waals surface area contributed by atoms with Crippen molar-refractivity contribution in [2.75, 3.05) is 0 Å². The lowest BCUT2D eigenvalue weighted by Gasteiger charge is -2.29. The number of nitrogens with zero attached hydrogens (tertiary/aromatic N) is 2. The normalized spacial score (nSPS) is 23.6. The molecule has 0 saturated heterocycles. The van der Waals surface area contributed by atoms with E-state index in [0.717, 1.165) is 73.7 Å². The average Bonchev–Trinajstić information content (AvgIpc) is 2.94. The van der Waals surface area contributed by atoms with Crippen LogP contribution in [0.25, 0.3) is 0 Å². The van der Waals surface area contributed by atoms with E-state index in [4.69, 9.17) is 14.7 Å². The molecule has 0 amide bonds. The van der Waals surface area contributed by atoms with Crippen molar-refractivity contribution in [1.82, 2.24) is 9.97 Å². The van der Waals surface area contributed by atoms with Crippen LogP contribution in [0.15, 0.2) is 24.5 Å². The number of rotatable bonds is 14. The summed E-state index contributed by atoms with van der Waals surface area (Å²) in [5.41, 5.74) is 5.37. The Morgan fingerprint density at radius 1 is 0.564 bits per heavy atom. The first-order chi connectivity index (χ1) is 19.1. The van der Waals surface area contributed by atoms with Crippen molar-refractivity contribution >= 4 is 0 Å². The number of hydrogen-bond donors (Lipinski definition) is 0. The van der Waals surface area contributed by atoms with Gasteiger partial charge in [-0.05, 0) is 98.3 Å². The Hall–Kier alpha value is -1.90. The molecule has 0 aromatic carbocycles. The number of hydrogen-bond acceptors (Lipinski definition) is 3. The zero-order chi connectivity index (χ0) is 27.5. The molecule has 0 radical (unpaired) electrons. The minimum Gasteiger partial charge on any atom is -0.454 e. The van der Waals surface area contributed by atoms with Gasteiger partial charge in [0.05, 0.1) is 12.4 Å². The van der Waals surface area contributed by atoms with Crippen LogP contribution < -0.4 is 4.74 Å². The maximum atomic E-state index is 6.48. The van der Waals surface area contributed by atoms with E-state index in [0.29, 0.717) is 0 Å². The average molecular weight is 533 g/mol. The van der Waals surface area contributed by atoms with E-state index in [1.165, 1.54) is 99.6 Å². The van der Waals surface area contributed by atoms with Crippen molar-refractivity contribution in [3.63, 3.8) is 0 Å². The zero-order valence-corrected chi connectivity index (χ0v) is 25.6. The summed E-state index contributed by atoms with van der Waals surface area (Å²) in [6.07, 6.45) is 27.1. The summed E-state index contributed by atoms with van der Waals surface area (Å²) in [5.74, 6) is 5.25. The molecule has 4 rings (SSSR count). The molecule has 216 valence electrons. The molecule has 2 aromatic rings. The molecule has 0 atom stereocenters. The van der Waals surface area contributed by atoms with Gasteiger partial charge in [-0.15, -0.1) is 0 Å². The first-order valence-electron chi connectivity index (χ1n) is 16.7. The van der Waals surface area contributed by atoms with Crippen molar-refractivity contribution in [2.45, 2.75) is 143 Å². The lowest BCUT2D eigenvalue weighted by Crippen LogP contribution is -2.17. The predicted molar refractivity (Wildman–Crippen MR) is 165 cm³/mol. The highest BCUT2D eigenvalue weighted by molar-refractivity contribution is 5.36. The van der Waals surface area contributed by atoms with Crippen LogP contribution in [-0.4, -0.2) is 9.97 Å². The maximum Gasteiger partial charge on any atom is 0.146 e. The van der Waals surface area contributed by atoms with Crippen molar-refractivity contribution in [1.29, 1.82) is 0 Å². The topological polar surface area (TPSA) is 35.0 Å². The molecule has 0 unspecified atom stereocenters. The Bertz CT molecular complexity index is 906. The SMILES string of the molecule is CCCc1ncc(Oc2cnc(CCC)c(CC3CCC(CCC)CC3)c2)cc1CC1CCC(CCC)CC1. The van der Waals surface area contributed by atoms with Crippen LogP contribution in [0.2, 0.25) is 0 Å². The Balaban J connectivity index is 1.44. The molecular weight excluding hydrogens is 476 g/mol. The second-order valence-electron chi connectivity index (χ2n) is 12.9. The summed E-state index contributed by atoms with van der Waals surface area (Å²) in [5, 5.41) is 0. The number of pyridine rings is 2. The van der Waals surface area contributed by atoms with Crippen LogP contribution in [0.4, 0.5) is 0 Å². The Labute approximate surface area is 240 Å². The molecule has 2 aliphatic rings. The molecule has 0 spiro atoms.